The van der Waals surface area contributed by atoms with Gasteiger partial charge in [-0.05, 0) is 38.1 Å². The number of carbonyl (C=O) groups is 1. The highest BCUT2D eigenvalue weighted by Gasteiger charge is 2.04. The predicted octanol–water partition coefficient (Wildman–Crippen LogP) is 2.65. The molecule has 0 saturated heterocycles. The molecule has 0 aliphatic carbocycles. The number of ether oxygens (including phenoxy) is 1. The summed E-state index contributed by atoms with van der Waals surface area (Å²) < 4.78 is 4.90. The van der Waals surface area contributed by atoms with Crippen LogP contribution in [0, 0.1) is 0 Å². The molecular formula is C10H15ClN2O2. The van der Waals surface area contributed by atoms with Gasteiger partial charge in [-0.3, -0.25) is 5.32 Å². The van der Waals surface area contributed by atoms with Crippen LogP contribution in [0.5, 0.6) is 0 Å². The Morgan fingerprint density at radius 2 is 1.87 bits per heavy atom. The van der Waals surface area contributed by atoms with Crippen molar-refractivity contribution >= 4 is 29.9 Å². The molecule has 5 heteroatoms. The van der Waals surface area contributed by atoms with Crippen molar-refractivity contribution in [3.8, 4) is 0 Å². The van der Waals surface area contributed by atoms with Gasteiger partial charge in [-0.2, -0.15) is 0 Å². The van der Waals surface area contributed by atoms with E-state index < -0.39 is 6.09 Å². The maximum absolute atomic E-state index is 11.1. The predicted molar refractivity (Wildman–Crippen MR) is 63.3 cm³/mol. The van der Waals surface area contributed by atoms with Gasteiger partial charge in [-0.15, -0.1) is 12.4 Å². The molecule has 15 heavy (non-hydrogen) atoms. The largest absolute Gasteiger partial charge is 0.447 e. The second kappa shape index (κ2) is 6.14. The fourth-order valence-corrected chi connectivity index (χ4v) is 0.928. The van der Waals surface area contributed by atoms with Crippen molar-refractivity contribution in [3.05, 3.63) is 24.3 Å². The molecule has 1 rings (SSSR count). The summed E-state index contributed by atoms with van der Waals surface area (Å²) in [7, 11) is 0. The molecule has 0 heterocycles. The van der Waals surface area contributed by atoms with E-state index in [1.54, 1.807) is 38.1 Å². The number of rotatable bonds is 2. The van der Waals surface area contributed by atoms with E-state index in [0.29, 0.717) is 11.4 Å². The van der Waals surface area contributed by atoms with Crippen molar-refractivity contribution in [2.24, 2.45) is 0 Å². The van der Waals surface area contributed by atoms with Crippen LogP contribution in [0.4, 0.5) is 16.2 Å². The van der Waals surface area contributed by atoms with Crippen LogP contribution in [0.3, 0.4) is 0 Å². The van der Waals surface area contributed by atoms with Crippen molar-refractivity contribution in [2.75, 3.05) is 11.1 Å². The third kappa shape index (κ3) is 5.12. The second-order valence-electron chi connectivity index (χ2n) is 3.20. The number of nitrogens with two attached hydrogens (primary N) is 1. The summed E-state index contributed by atoms with van der Waals surface area (Å²) >= 11 is 0. The van der Waals surface area contributed by atoms with Gasteiger partial charge in [0.15, 0.2) is 0 Å². The molecule has 0 atom stereocenters. The molecule has 0 bridgehead atoms. The van der Waals surface area contributed by atoms with E-state index in [4.69, 9.17) is 10.5 Å². The molecule has 0 radical (unpaired) electrons. The van der Waals surface area contributed by atoms with E-state index in [1.807, 2.05) is 0 Å². The van der Waals surface area contributed by atoms with Crippen LogP contribution in [0.15, 0.2) is 24.3 Å². The molecule has 0 unspecified atom stereocenters. The lowest BCUT2D eigenvalue weighted by Crippen LogP contribution is -2.17. The van der Waals surface area contributed by atoms with Crippen LogP contribution in [0.2, 0.25) is 0 Å². The van der Waals surface area contributed by atoms with Crippen LogP contribution < -0.4 is 11.1 Å². The van der Waals surface area contributed by atoms with Crippen molar-refractivity contribution in [3.63, 3.8) is 0 Å². The molecule has 1 amide bonds. The molecule has 0 aliphatic heterocycles. The summed E-state index contributed by atoms with van der Waals surface area (Å²) in [6.45, 7) is 3.59. The van der Waals surface area contributed by atoms with Gasteiger partial charge in [-0.1, -0.05) is 0 Å². The number of carbonyl (C=O) groups excluding carboxylic acids is 1. The minimum absolute atomic E-state index is 0. The fraction of sp³-hybridized carbons (Fsp3) is 0.300. The highest BCUT2D eigenvalue weighted by Crippen LogP contribution is 2.10. The Labute approximate surface area is 95.2 Å². The Hall–Kier alpha value is -1.42. The lowest BCUT2D eigenvalue weighted by Gasteiger charge is -2.09. The maximum Gasteiger partial charge on any atom is 0.411 e. The lowest BCUT2D eigenvalue weighted by atomic mass is 10.3. The molecule has 0 saturated carbocycles. The minimum atomic E-state index is -0.454. The zero-order valence-corrected chi connectivity index (χ0v) is 9.51. The van der Waals surface area contributed by atoms with Crippen molar-refractivity contribution in [2.45, 2.75) is 20.0 Å². The van der Waals surface area contributed by atoms with Gasteiger partial charge in [0.1, 0.15) is 0 Å². The topological polar surface area (TPSA) is 64.3 Å². The first kappa shape index (κ1) is 13.6. The average Bonchev–Trinajstić information content (AvgIpc) is 2.07. The van der Waals surface area contributed by atoms with E-state index in [-0.39, 0.29) is 18.5 Å². The Morgan fingerprint density at radius 3 is 2.33 bits per heavy atom. The third-order valence-corrected chi connectivity index (χ3v) is 1.50. The molecule has 0 aliphatic rings. The number of halogens is 1. The zero-order chi connectivity index (χ0) is 10.6. The van der Waals surface area contributed by atoms with Gasteiger partial charge in [-0.25, -0.2) is 4.79 Å². The summed E-state index contributed by atoms with van der Waals surface area (Å²) in [6.07, 6.45) is -0.575. The first-order valence-electron chi connectivity index (χ1n) is 4.41. The summed E-state index contributed by atoms with van der Waals surface area (Å²) in [5.41, 5.74) is 6.83. The van der Waals surface area contributed by atoms with Crippen LogP contribution in [-0.2, 0) is 4.74 Å². The molecule has 3 N–H and O–H groups in total. The zero-order valence-electron chi connectivity index (χ0n) is 8.69. The number of hydrogen-bond donors (Lipinski definition) is 2. The number of hydrogen-bond acceptors (Lipinski definition) is 3. The molecule has 0 spiro atoms. The molecule has 0 aromatic heterocycles. The first-order valence-corrected chi connectivity index (χ1v) is 4.41. The van der Waals surface area contributed by atoms with Gasteiger partial charge in [0.2, 0.25) is 0 Å². The Morgan fingerprint density at radius 1 is 1.33 bits per heavy atom. The van der Waals surface area contributed by atoms with E-state index in [9.17, 15) is 4.79 Å². The molecular weight excluding hydrogens is 216 g/mol. The lowest BCUT2D eigenvalue weighted by molar-refractivity contribution is 0.130. The summed E-state index contributed by atoms with van der Waals surface area (Å²) in [4.78, 5) is 11.1. The fourth-order valence-electron chi connectivity index (χ4n) is 0.928. The number of nitrogen functional groups attached to an aromatic ring is 1. The molecule has 0 fully saturated rings. The highest BCUT2D eigenvalue weighted by molar-refractivity contribution is 5.85. The van der Waals surface area contributed by atoms with Gasteiger partial charge in [0, 0.05) is 11.4 Å². The third-order valence-electron chi connectivity index (χ3n) is 1.50. The standard InChI is InChI=1S/C10H14N2O2.ClH/c1-7(2)14-10(13)12-9-5-3-8(11)4-6-9;/h3-7H,11H2,1-2H3,(H,12,13);1H. The summed E-state index contributed by atoms with van der Waals surface area (Å²) in [5, 5.41) is 2.58. The molecule has 4 nitrogen and oxygen atoms in total. The highest BCUT2D eigenvalue weighted by atomic mass is 35.5. The van der Waals surface area contributed by atoms with E-state index >= 15 is 0 Å². The summed E-state index contributed by atoms with van der Waals surface area (Å²) in [6, 6.07) is 6.86. The second-order valence-corrected chi connectivity index (χ2v) is 3.20. The van der Waals surface area contributed by atoms with E-state index in [1.165, 1.54) is 0 Å². The number of amides is 1. The number of benzene rings is 1. The van der Waals surface area contributed by atoms with Crippen molar-refractivity contribution < 1.29 is 9.53 Å². The normalized spacial score (nSPS) is 9.27. The van der Waals surface area contributed by atoms with Crippen molar-refractivity contribution in [1.82, 2.24) is 0 Å². The Kier molecular flexibility index (Phi) is 5.56. The van der Waals surface area contributed by atoms with E-state index in [0.717, 1.165) is 0 Å². The molecule has 84 valence electrons. The van der Waals surface area contributed by atoms with Gasteiger partial charge >= 0.3 is 6.09 Å². The Balaban J connectivity index is 0.00000196. The van der Waals surface area contributed by atoms with Crippen LogP contribution in [-0.4, -0.2) is 12.2 Å². The van der Waals surface area contributed by atoms with Gasteiger partial charge < -0.3 is 10.5 Å². The van der Waals surface area contributed by atoms with Crippen LogP contribution in [0.25, 0.3) is 0 Å². The SMILES string of the molecule is CC(C)OC(=O)Nc1ccc(N)cc1.Cl. The quantitative estimate of drug-likeness (QED) is 0.768. The van der Waals surface area contributed by atoms with E-state index in [2.05, 4.69) is 5.32 Å². The van der Waals surface area contributed by atoms with Crippen molar-refractivity contribution in [1.29, 1.82) is 0 Å². The Bertz CT molecular complexity index is 312. The van der Waals surface area contributed by atoms with Crippen LogP contribution in [0.1, 0.15) is 13.8 Å². The number of anilines is 2. The number of nitrogens with one attached hydrogen (secondary N) is 1. The molecule has 1 aromatic rings. The van der Waals surface area contributed by atoms with Gasteiger partial charge in [0.25, 0.3) is 0 Å². The smallest absolute Gasteiger partial charge is 0.411 e. The monoisotopic (exact) mass is 230 g/mol. The first-order chi connectivity index (χ1) is 6.58. The summed E-state index contributed by atoms with van der Waals surface area (Å²) in [5.74, 6) is 0. The van der Waals surface area contributed by atoms with Gasteiger partial charge in [0.05, 0.1) is 6.10 Å². The minimum Gasteiger partial charge on any atom is -0.447 e. The average molecular weight is 231 g/mol. The van der Waals surface area contributed by atoms with Crippen LogP contribution >= 0.6 is 12.4 Å². The molecule has 1 aromatic carbocycles. The maximum atomic E-state index is 11.1.